The molecule has 0 aromatic carbocycles. The monoisotopic (exact) mass is 458 g/mol. The minimum Gasteiger partial charge on any atom is -0.480 e. The van der Waals surface area contributed by atoms with Crippen LogP contribution in [-0.2, 0) is 24.0 Å². The van der Waals surface area contributed by atoms with Crippen molar-refractivity contribution in [1.82, 2.24) is 21.3 Å². The van der Waals surface area contributed by atoms with E-state index in [2.05, 4.69) is 21.3 Å². The molecule has 13 heteroatoms. The Bertz CT molecular complexity index is 681. The maximum Gasteiger partial charge on any atom is 0.328 e. The number of carbonyl (C=O) groups is 5. The fourth-order valence-electron chi connectivity index (χ4n) is 3.27. The molecule has 0 bridgehead atoms. The molecule has 0 radical (unpaired) electrons. The molecule has 32 heavy (non-hydrogen) atoms. The van der Waals surface area contributed by atoms with Gasteiger partial charge in [-0.1, -0.05) is 0 Å². The van der Waals surface area contributed by atoms with Gasteiger partial charge in [0.05, 0.1) is 18.6 Å². The first-order chi connectivity index (χ1) is 15.1. The number of hydrogen-bond donors (Lipinski definition) is 8. The van der Waals surface area contributed by atoms with E-state index in [1.165, 1.54) is 6.92 Å². The molecule has 182 valence electrons. The molecule has 1 fully saturated rings. The summed E-state index contributed by atoms with van der Waals surface area (Å²) in [6.45, 7) is 2.21. The van der Waals surface area contributed by atoms with E-state index in [4.69, 9.17) is 11.5 Å². The molecular formula is C19H34N6O7. The van der Waals surface area contributed by atoms with Gasteiger partial charge in [-0.3, -0.25) is 19.2 Å². The standard InChI is InChI=1S/C19H34N6O7/c1-10(26)15(19(31)32)25-17(29)12(5-2-3-7-20)23-18(30)13(9-14(21)27)24-16(28)11-6-4-8-22-11/h10-13,15,22,26H,2-9,20H2,1H3,(H2,21,27)(H,23,30)(H,24,28)(H,25,29)(H,31,32). The van der Waals surface area contributed by atoms with Crippen LogP contribution in [0, 0.1) is 0 Å². The van der Waals surface area contributed by atoms with Gasteiger partial charge >= 0.3 is 5.97 Å². The molecule has 1 heterocycles. The minimum atomic E-state index is -1.58. The molecule has 10 N–H and O–H groups in total. The molecule has 1 aliphatic heterocycles. The number of aliphatic hydroxyl groups is 1. The number of nitrogens with two attached hydrogens (primary N) is 2. The Labute approximate surface area is 186 Å². The van der Waals surface area contributed by atoms with E-state index in [0.717, 1.165) is 6.42 Å². The maximum atomic E-state index is 12.8. The van der Waals surface area contributed by atoms with Crippen LogP contribution in [-0.4, -0.2) is 83.2 Å². The van der Waals surface area contributed by atoms with Gasteiger partial charge < -0.3 is 42.9 Å². The Balaban J connectivity index is 2.92. The number of carbonyl (C=O) groups excluding carboxylic acids is 4. The predicted molar refractivity (Wildman–Crippen MR) is 113 cm³/mol. The third-order valence-electron chi connectivity index (χ3n) is 5.04. The second-order valence-electron chi connectivity index (χ2n) is 7.79. The van der Waals surface area contributed by atoms with Crippen LogP contribution in [0.2, 0.25) is 0 Å². The molecule has 13 nitrogen and oxygen atoms in total. The maximum absolute atomic E-state index is 12.8. The molecule has 5 atom stereocenters. The topological polar surface area (TPSA) is 226 Å². The van der Waals surface area contributed by atoms with Crippen molar-refractivity contribution in [3.63, 3.8) is 0 Å². The van der Waals surface area contributed by atoms with E-state index in [9.17, 15) is 34.2 Å². The summed E-state index contributed by atoms with van der Waals surface area (Å²) in [7, 11) is 0. The number of amides is 4. The Kier molecular flexibility index (Phi) is 11.6. The van der Waals surface area contributed by atoms with Gasteiger partial charge in [-0.05, 0) is 52.1 Å². The number of aliphatic carboxylic acids is 1. The van der Waals surface area contributed by atoms with Gasteiger partial charge in [0.25, 0.3) is 0 Å². The van der Waals surface area contributed by atoms with Gasteiger partial charge in [-0.25, -0.2) is 4.79 Å². The van der Waals surface area contributed by atoms with E-state index in [1.54, 1.807) is 0 Å². The van der Waals surface area contributed by atoms with E-state index in [0.29, 0.717) is 32.4 Å². The smallest absolute Gasteiger partial charge is 0.328 e. The molecule has 1 saturated heterocycles. The Hall–Kier alpha value is -2.77. The summed E-state index contributed by atoms with van der Waals surface area (Å²) in [6.07, 6.45) is 0.638. The third-order valence-corrected chi connectivity index (χ3v) is 5.04. The molecule has 0 aliphatic carbocycles. The van der Waals surface area contributed by atoms with Gasteiger partial charge in [-0.15, -0.1) is 0 Å². The molecule has 5 unspecified atom stereocenters. The summed E-state index contributed by atoms with van der Waals surface area (Å²) in [5.74, 6) is -4.37. The first kappa shape index (κ1) is 27.3. The van der Waals surface area contributed by atoms with Crippen molar-refractivity contribution in [2.24, 2.45) is 11.5 Å². The van der Waals surface area contributed by atoms with Crippen molar-refractivity contribution in [2.45, 2.75) is 75.7 Å². The fraction of sp³-hybridized carbons (Fsp3) is 0.737. The van der Waals surface area contributed by atoms with Crippen molar-refractivity contribution >= 4 is 29.6 Å². The number of primary amides is 1. The van der Waals surface area contributed by atoms with Crippen LogP contribution >= 0.6 is 0 Å². The van der Waals surface area contributed by atoms with Crippen molar-refractivity contribution in [3.8, 4) is 0 Å². The average Bonchev–Trinajstić information content (AvgIpc) is 3.24. The first-order valence-corrected chi connectivity index (χ1v) is 10.6. The summed E-state index contributed by atoms with van der Waals surface area (Å²) in [5, 5.41) is 28.9. The largest absolute Gasteiger partial charge is 0.480 e. The van der Waals surface area contributed by atoms with E-state index in [1.807, 2.05) is 0 Å². The number of aliphatic hydroxyl groups excluding tert-OH is 1. The van der Waals surface area contributed by atoms with Crippen LogP contribution < -0.4 is 32.7 Å². The molecule has 0 aromatic heterocycles. The predicted octanol–water partition coefficient (Wildman–Crippen LogP) is -3.34. The highest BCUT2D eigenvalue weighted by Gasteiger charge is 2.33. The van der Waals surface area contributed by atoms with Gasteiger partial charge in [-0.2, -0.15) is 0 Å². The summed E-state index contributed by atoms with van der Waals surface area (Å²) in [6, 6.07) is -4.55. The molecule has 0 spiro atoms. The lowest BCUT2D eigenvalue weighted by Gasteiger charge is -2.25. The number of unbranched alkanes of at least 4 members (excludes halogenated alkanes) is 1. The van der Waals surface area contributed by atoms with E-state index < -0.39 is 66.3 Å². The molecular weight excluding hydrogens is 424 g/mol. The highest BCUT2D eigenvalue weighted by Crippen LogP contribution is 2.07. The van der Waals surface area contributed by atoms with Gasteiger partial charge in [0.1, 0.15) is 12.1 Å². The summed E-state index contributed by atoms with van der Waals surface area (Å²) < 4.78 is 0. The molecule has 4 amide bonds. The third kappa shape index (κ3) is 9.16. The number of carboxylic acids is 1. The Morgan fingerprint density at radius 1 is 1.06 bits per heavy atom. The van der Waals surface area contributed by atoms with Crippen molar-refractivity contribution in [3.05, 3.63) is 0 Å². The lowest BCUT2D eigenvalue weighted by atomic mass is 10.1. The number of rotatable bonds is 14. The molecule has 0 saturated carbocycles. The van der Waals surface area contributed by atoms with Gasteiger partial charge in [0.15, 0.2) is 6.04 Å². The highest BCUT2D eigenvalue weighted by molar-refractivity contribution is 5.96. The van der Waals surface area contributed by atoms with E-state index in [-0.39, 0.29) is 6.42 Å². The normalized spacial score (nSPS) is 19.3. The quantitative estimate of drug-likeness (QED) is 0.122. The molecule has 1 aliphatic rings. The minimum absolute atomic E-state index is 0.127. The van der Waals surface area contributed by atoms with Crippen LogP contribution in [0.1, 0.15) is 45.4 Å². The van der Waals surface area contributed by atoms with Crippen molar-refractivity contribution < 1.29 is 34.2 Å². The Morgan fingerprint density at radius 3 is 2.22 bits per heavy atom. The molecule has 1 rings (SSSR count). The number of hydrogen-bond acceptors (Lipinski definition) is 8. The highest BCUT2D eigenvalue weighted by atomic mass is 16.4. The fourth-order valence-corrected chi connectivity index (χ4v) is 3.27. The second-order valence-corrected chi connectivity index (χ2v) is 7.79. The van der Waals surface area contributed by atoms with Gasteiger partial charge in [0.2, 0.25) is 23.6 Å². The number of carboxylic acid groups (broad SMARTS) is 1. The van der Waals surface area contributed by atoms with Crippen molar-refractivity contribution in [1.29, 1.82) is 0 Å². The summed E-state index contributed by atoms with van der Waals surface area (Å²) in [5.41, 5.74) is 10.7. The van der Waals surface area contributed by atoms with Gasteiger partial charge in [0, 0.05) is 0 Å². The lowest BCUT2D eigenvalue weighted by molar-refractivity contribution is -0.145. The van der Waals surface area contributed by atoms with Crippen LogP contribution in [0.3, 0.4) is 0 Å². The lowest BCUT2D eigenvalue weighted by Crippen LogP contribution is -2.58. The van der Waals surface area contributed by atoms with Crippen LogP contribution in [0.25, 0.3) is 0 Å². The SMILES string of the molecule is CC(O)C(NC(=O)C(CCCCN)NC(=O)C(CC(N)=O)NC(=O)C1CCCN1)C(=O)O. The van der Waals surface area contributed by atoms with Crippen LogP contribution in [0.15, 0.2) is 0 Å². The number of nitrogens with one attached hydrogen (secondary N) is 4. The summed E-state index contributed by atoms with van der Waals surface area (Å²) in [4.78, 5) is 60.5. The zero-order chi connectivity index (χ0) is 24.3. The first-order valence-electron chi connectivity index (χ1n) is 10.6. The summed E-state index contributed by atoms with van der Waals surface area (Å²) >= 11 is 0. The van der Waals surface area contributed by atoms with Crippen LogP contribution in [0.4, 0.5) is 0 Å². The Morgan fingerprint density at radius 2 is 1.72 bits per heavy atom. The van der Waals surface area contributed by atoms with Crippen molar-refractivity contribution in [2.75, 3.05) is 13.1 Å². The average molecular weight is 459 g/mol. The second kappa shape index (κ2) is 13.6. The molecule has 0 aromatic rings. The zero-order valence-electron chi connectivity index (χ0n) is 18.1. The van der Waals surface area contributed by atoms with E-state index >= 15 is 0 Å². The van der Waals surface area contributed by atoms with Crippen LogP contribution in [0.5, 0.6) is 0 Å². The zero-order valence-corrected chi connectivity index (χ0v) is 18.1.